The number of halogens is 3. The van der Waals surface area contributed by atoms with Crippen molar-refractivity contribution < 1.29 is 8.78 Å². The summed E-state index contributed by atoms with van der Waals surface area (Å²) in [6.45, 7) is 0. The van der Waals surface area contributed by atoms with Crippen LogP contribution in [-0.4, -0.2) is 4.98 Å². The molecule has 4 heteroatoms. The molecule has 0 radical (unpaired) electrons. The number of hydrogen-bond donors (Lipinski definition) is 1. The van der Waals surface area contributed by atoms with E-state index in [1.807, 2.05) is 24.3 Å². The van der Waals surface area contributed by atoms with E-state index in [2.05, 4.69) is 20.9 Å². The lowest BCUT2D eigenvalue weighted by Crippen LogP contribution is -1.83. The Morgan fingerprint density at radius 1 is 0.889 bits per heavy atom. The predicted octanol–water partition coefficient (Wildman–Crippen LogP) is 4.88. The monoisotopic (exact) mass is 307 g/mol. The molecule has 1 nitrogen and oxygen atoms in total. The van der Waals surface area contributed by atoms with Crippen molar-refractivity contribution in [3.63, 3.8) is 0 Å². The van der Waals surface area contributed by atoms with Gasteiger partial charge in [0.05, 0.1) is 0 Å². The minimum Gasteiger partial charge on any atom is -0.355 e. The zero-order valence-corrected chi connectivity index (χ0v) is 10.8. The van der Waals surface area contributed by atoms with Crippen molar-refractivity contribution in [3.05, 3.63) is 58.6 Å². The molecule has 1 N–H and O–H groups in total. The first-order valence-electron chi connectivity index (χ1n) is 5.36. The standard InChI is InChI=1S/C14H8BrF2N/c15-10-1-2-13-8(3-10)6-14(18-13)9-4-11(16)7-12(17)5-9/h1-7,18H. The highest BCUT2D eigenvalue weighted by Gasteiger charge is 2.06. The van der Waals surface area contributed by atoms with Crippen molar-refractivity contribution in [2.45, 2.75) is 0 Å². The van der Waals surface area contributed by atoms with Gasteiger partial charge in [0.25, 0.3) is 0 Å². The molecule has 1 aromatic heterocycles. The molecule has 0 fully saturated rings. The summed E-state index contributed by atoms with van der Waals surface area (Å²) in [5.74, 6) is -1.16. The van der Waals surface area contributed by atoms with Crippen LogP contribution in [0, 0.1) is 11.6 Å². The van der Waals surface area contributed by atoms with Crippen molar-refractivity contribution in [2.24, 2.45) is 0 Å². The van der Waals surface area contributed by atoms with Crippen molar-refractivity contribution in [1.29, 1.82) is 0 Å². The number of rotatable bonds is 1. The number of fused-ring (bicyclic) bond motifs is 1. The Hall–Kier alpha value is -1.68. The molecule has 0 amide bonds. The molecule has 0 saturated heterocycles. The zero-order chi connectivity index (χ0) is 12.7. The molecule has 1 heterocycles. The molecule has 0 aliphatic carbocycles. The van der Waals surface area contributed by atoms with E-state index in [1.165, 1.54) is 12.1 Å². The Bertz CT molecular complexity index is 713. The van der Waals surface area contributed by atoms with Crippen LogP contribution in [0.2, 0.25) is 0 Å². The van der Waals surface area contributed by atoms with Crippen molar-refractivity contribution in [1.82, 2.24) is 4.98 Å². The van der Waals surface area contributed by atoms with E-state index < -0.39 is 11.6 Å². The number of benzene rings is 2. The highest BCUT2D eigenvalue weighted by Crippen LogP contribution is 2.27. The molecular formula is C14H8BrF2N. The fourth-order valence-electron chi connectivity index (χ4n) is 1.97. The Balaban J connectivity index is 2.19. The molecule has 3 rings (SSSR count). The third kappa shape index (κ3) is 2.04. The van der Waals surface area contributed by atoms with E-state index in [0.29, 0.717) is 11.3 Å². The number of hydrogen-bond acceptors (Lipinski definition) is 0. The zero-order valence-electron chi connectivity index (χ0n) is 9.18. The molecular weight excluding hydrogens is 300 g/mol. The Morgan fingerprint density at radius 3 is 2.33 bits per heavy atom. The predicted molar refractivity (Wildman–Crippen MR) is 71.4 cm³/mol. The van der Waals surface area contributed by atoms with E-state index in [0.717, 1.165) is 21.4 Å². The van der Waals surface area contributed by atoms with Crippen LogP contribution in [0.3, 0.4) is 0 Å². The summed E-state index contributed by atoms with van der Waals surface area (Å²) in [6, 6.07) is 11.1. The minimum absolute atomic E-state index is 0.500. The first-order chi connectivity index (χ1) is 8.61. The number of aromatic amines is 1. The summed E-state index contributed by atoms with van der Waals surface area (Å²) >= 11 is 3.39. The quantitative estimate of drug-likeness (QED) is 0.660. The van der Waals surface area contributed by atoms with Crippen molar-refractivity contribution in [2.75, 3.05) is 0 Å². The Kier molecular flexibility index (Phi) is 2.67. The molecule has 0 aliphatic rings. The van der Waals surface area contributed by atoms with Gasteiger partial charge in [-0.1, -0.05) is 15.9 Å². The van der Waals surface area contributed by atoms with Crippen LogP contribution in [0.1, 0.15) is 0 Å². The molecule has 0 unspecified atom stereocenters. The maximum atomic E-state index is 13.2. The van der Waals surface area contributed by atoms with Gasteiger partial charge in [0.1, 0.15) is 11.6 Å². The van der Waals surface area contributed by atoms with Gasteiger partial charge < -0.3 is 4.98 Å². The van der Waals surface area contributed by atoms with Gasteiger partial charge in [0, 0.05) is 32.7 Å². The highest BCUT2D eigenvalue weighted by molar-refractivity contribution is 9.10. The Labute approximate surface area is 111 Å². The first kappa shape index (κ1) is 11.4. The van der Waals surface area contributed by atoms with Gasteiger partial charge in [-0.15, -0.1) is 0 Å². The van der Waals surface area contributed by atoms with Crippen molar-refractivity contribution in [3.8, 4) is 11.3 Å². The van der Waals surface area contributed by atoms with Gasteiger partial charge in [-0.05, 0) is 36.4 Å². The summed E-state index contributed by atoms with van der Waals surface area (Å²) in [6.07, 6.45) is 0. The lowest BCUT2D eigenvalue weighted by Gasteiger charge is -1.98. The average molecular weight is 308 g/mol. The summed E-state index contributed by atoms with van der Waals surface area (Å²) in [4.78, 5) is 3.14. The van der Waals surface area contributed by atoms with E-state index >= 15 is 0 Å². The van der Waals surface area contributed by atoms with Crippen LogP contribution < -0.4 is 0 Å². The molecule has 0 atom stereocenters. The topological polar surface area (TPSA) is 15.8 Å². The molecule has 2 aromatic carbocycles. The van der Waals surface area contributed by atoms with Crippen LogP contribution in [0.4, 0.5) is 8.78 Å². The second-order valence-electron chi connectivity index (χ2n) is 4.07. The number of nitrogens with one attached hydrogen (secondary N) is 1. The van der Waals surface area contributed by atoms with Crippen LogP contribution in [0.15, 0.2) is 46.9 Å². The molecule has 0 saturated carbocycles. The van der Waals surface area contributed by atoms with Crippen molar-refractivity contribution >= 4 is 26.8 Å². The number of H-pyrrole nitrogens is 1. The maximum Gasteiger partial charge on any atom is 0.126 e. The van der Waals surface area contributed by atoms with E-state index in [-0.39, 0.29) is 0 Å². The first-order valence-corrected chi connectivity index (χ1v) is 6.16. The van der Waals surface area contributed by atoms with Gasteiger partial charge in [-0.2, -0.15) is 0 Å². The molecule has 3 aromatic rings. The summed E-state index contributed by atoms with van der Waals surface area (Å²) < 4.78 is 27.3. The minimum atomic E-state index is -0.579. The van der Waals surface area contributed by atoms with Crippen LogP contribution >= 0.6 is 15.9 Å². The summed E-state index contributed by atoms with van der Waals surface area (Å²) in [5, 5.41) is 0.990. The third-order valence-corrected chi connectivity index (χ3v) is 3.25. The molecule has 0 bridgehead atoms. The summed E-state index contributed by atoms with van der Waals surface area (Å²) in [7, 11) is 0. The third-order valence-electron chi connectivity index (χ3n) is 2.76. The van der Waals surface area contributed by atoms with Crippen LogP contribution in [0.5, 0.6) is 0 Å². The number of aromatic nitrogens is 1. The maximum absolute atomic E-state index is 13.2. The van der Waals surface area contributed by atoms with Gasteiger partial charge >= 0.3 is 0 Å². The van der Waals surface area contributed by atoms with Crippen LogP contribution in [-0.2, 0) is 0 Å². The van der Waals surface area contributed by atoms with Gasteiger partial charge in [0.2, 0.25) is 0 Å². The molecule has 18 heavy (non-hydrogen) atoms. The normalized spacial score (nSPS) is 11.1. The average Bonchev–Trinajstić information content (AvgIpc) is 2.70. The fraction of sp³-hybridized carbons (Fsp3) is 0. The lowest BCUT2D eigenvalue weighted by molar-refractivity contribution is 0.584. The fourth-order valence-corrected chi connectivity index (χ4v) is 2.35. The Morgan fingerprint density at radius 2 is 1.61 bits per heavy atom. The van der Waals surface area contributed by atoms with E-state index in [9.17, 15) is 8.78 Å². The second kappa shape index (κ2) is 4.21. The summed E-state index contributed by atoms with van der Waals surface area (Å²) in [5.41, 5.74) is 2.12. The van der Waals surface area contributed by atoms with Gasteiger partial charge in [-0.25, -0.2) is 8.78 Å². The highest BCUT2D eigenvalue weighted by atomic mass is 79.9. The smallest absolute Gasteiger partial charge is 0.126 e. The van der Waals surface area contributed by atoms with E-state index in [1.54, 1.807) is 0 Å². The second-order valence-corrected chi connectivity index (χ2v) is 4.99. The largest absolute Gasteiger partial charge is 0.355 e. The molecule has 0 spiro atoms. The lowest BCUT2D eigenvalue weighted by atomic mass is 10.1. The molecule has 0 aliphatic heterocycles. The van der Waals surface area contributed by atoms with Gasteiger partial charge in [-0.3, -0.25) is 0 Å². The SMILES string of the molecule is Fc1cc(F)cc(-c2cc3cc(Br)ccc3[nH]2)c1. The molecule has 90 valence electrons. The van der Waals surface area contributed by atoms with E-state index in [4.69, 9.17) is 0 Å². The van der Waals surface area contributed by atoms with Crippen LogP contribution in [0.25, 0.3) is 22.2 Å². The van der Waals surface area contributed by atoms with Gasteiger partial charge in [0.15, 0.2) is 0 Å².